The van der Waals surface area contributed by atoms with Crippen LogP contribution in [0.2, 0.25) is 5.15 Å². The van der Waals surface area contributed by atoms with Gasteiger partial charge in [0.05, 0.1) is 0 Å². The molecule has 0 aromatic carbocycles. The van der Waals surface area contributed by atoms with Crippen LogP contribution in [0, 0.1) is 0 Å². The van der Waals surface area contributed by atoms with Gasteiger partial charge in [-0.1, -0.05) is 11.6 Å². The second-order valence-corrected chi connectivity index (χ2v) is 4.18. The quantitative estimate of drug-likeness (QED) is 0.804. The smallest absolute Gasteiger partial charge is 0.257 e. The van der Waals surface area contributed by atoms with Crippen LogP contribution in [0.4, 0.5) is 10.9 Å². The average molecular weight is 255 g/mol. The Hall–Kier alpha value is -1.66. The number of nitrogens with one attached hydrogen (secondary N) is 1. The Bertz CT molecular complexity index is 494. The number of rotatable bonds is 2. The van der Waals surface area contributed by atoms with Crippen LogP contribution in [-0.2, 0) is 0 Å². The molecule has 3 N–H and O–H groups in total. The monoisotopic (exact) mass is 254 g/mol. The summed E-state index contributed by atoms with van der Waals surface area (Å²) in [6.45, 7) is 0. The van der Waals surface area contributed by atoms with Gasteiger partial charge in [-0.2, -0.15) is 0 Å². The largest absolute Gasteiger partial charge is 0.384 e. The zero-order chi connectivity index (χ0) is 11.5. The van der Waals surface area contributed by atoms with Crippen LogP contribution in [-0.4, -0.2) is 15.9 Å². The predicted octanol–water partition coefficient (Wildman–Crippen LogP) is 2.03. The van der Waals surface area contributed by atoms with E-state index in [2.05, 4.69) is 15.3 Å². The molecule has 0 saturated heterocycles. The fourth-order valence-corrected chi connectivity index (χ4v) is 1.84. The summed E-state index contributed by atoms with van der Waals surface area (Å²) in [4.78, 5) is 19.4. The van der Waals surface area contributed by atoms with Gasteiger partial charge in [0.1, 0.15) is 11.0 Å². The molecular formula is C9H7ClN4OS. The number of thiazole rings is 1. The topological polar surface area (TPSA) is 80.9 Å². The molecule has 0 atom stereocenters. The fourth-order valence-electron chi connectivity index (χ4n) is 1.10. The zero-order valence-corrected chi connectivity index (χ0v) is 9.55. The average Bonchev–Trinajstić information content (AvgIpc) is 2.68. The summed E-state index contributed by atoms with van der Waals surface area (Å²) >= 11 is 7.02. The van der Waals surface area contributed by atoms with E-state index in [0.717, 1.165) is 0 Å². The van der Waals surface area contributed by atoms with Crippen molar-refractivity contribution < 1.29 is 4.79 Å². The number of aromatic nitrogens is 2. The minimum Gasteiger partial charge on any atom is -0.384 e. The molecule has 0 unspecified atom stereocenters. The Morgan fingerprint density at radius 2 is 2.31 bits per heavy atom. The number of hydrogen-bond acceptors (Lipinski definition) is 5. The highest BCUT2D eigenvalue weighted by Crippen LogP contribution is 2.15. The highest BCUT2D eigenvalue weighted by molar-refractivity contribution is 7.13. The van der Waals surface area contributed by atoms with Gasteiger partial charge in [-0.3, -0.25) is 10.1 Å². The zero-order valence-electron chi connectivity index (χ0n) is 7.98. The van der Waals surface area contributed by atoms with Crippen molar-refractivity contribution in [3.8, 4) is 0 Å². The summed E-state index contributed by atoms with van der Waals surface area (Å²) in [5.74, 6) is -0.109. The van der Waals surface area contributed by atoms with Crippen LogP contribution in [0.5, 0.6) is 0 Å². The Balaban J connectivity index is 2.21. The molecule has 1 amide bonds. The van der Waals surface area contributed by atoms with Crippen LogP contribution in [0.1, 0.15) is 10.4 Å². The fraction of sp³-hybridized carbons (Fsp3) is 0. The van der Waals surface area contributed by atoms with Gasteiger partial charge in [0, 0.05) is 17.1 Å². The van der Waals surface area contributed by atoms with E-state index in [1.165, 1.54) is 23.5 Å². The summed E-state index contributed by atoms with van der Waals surface area (Å²) in [6, 6.07) is 2.90. The lowest BCUT2D eigenvalue weighted by molar-refractivity contribution is 0.102. The normalized spacial score (nSPS) is 10.1. The number of amides is 1. The lowest BCUT2D eigenvalue weighted by Crippen LogP contribution is -2.12. The number of anilines is 2. The first-order valence-corrected chi connectivity index (χ1v) is 5.55. The third-order valence-electron chi connectivity index (χ3n) is 1.73. The molecule has 2 rings (SSSR count). The maximum atomic E-state index is 11.7. The lowest BCUT2D eigenvalue weighted by atomic mass is 10.2. The Morgan fingerprint density at radius 1 is 1.50 bits per heavy atom. The van der Waals surface area contributed by atoms with Gasteiger partial charge in [0.15, 0.2) is 5.13 Å². The van der Waals surface area contributed by atoms with Crippen LogP contribution >= 0.6 is 22.9 Å². The molecule has 82 valence electrons. The lowest BCUT2D eigenvalue weighted by Gasteiger charge is -2.02. The van der Waals surface area contributed by atoms with E-state index in [9.17, 15) is 4.79 Å². The highest BCUT2D eigenvalue weighted by Gasteiger charge is 2.09. The van der Waals surface area contributed by atoms with E-state index in [1.54, 1.807) is 11.6 Å². The predicted molar refractivity (Wildman–Crippen MR) is 63.7 cm³/mol. The Kier molecular flexibility index (Phi) is 3.02. The van der Waals surface area contributed by atoms with Crippen molar-refractivity contribution in [1.29, 1.82) is 0 Å². The minimum atomic E-state index is -0.314. The summed E-state index contributed by atoms with van der Waals surface area (Å²) in [5.41, 5.74) is 5.84. The summed E-state index contributed by atoms with van der Waals surface area (Å²) in [7, 11) is 0. The van der Waals surface area contributed by atoms with Crippen molar-refractivity contribution in [2.24, 2.45) is 0 Å². The number of halogens is 1. The number of carbonyl (C=O) groups excluding carboxylic acids is 1. The third-order valence-corrected chi connectivity index (χ3v) is 2.61. The number of pyridine rings is 1. The molecule has 0 aliphatic carbocycles. The van der Waals surface area contributed by atoms with Crippen LogP contribution in [0.3, 0.4) is 0 Å². The molecule has 0 fully saturated rings. The van der Waals surface area contributed by atoms with Gasteiger partial charge < -0.3 is 5.73 Å². The van der Waals surface area contributed by atoms with Crippen molar-refractivity contribution >= 4 is 39.8 Å². The van der Waals surface area contributed by atoms with Gasteiger partial charge in [-0.25, -0.2) is 9.97 Å². The molecule has 2 aromatic heterocycles. The molecule has 0 spiro atoms. The summed E-state index contributed by atoms with van der Waals surface area (Å²) < 4.78 is 0. The second-order valence-electron chi connectivity index (χ2n) is 2.89. The number of hydrogen-bond donors (Lipinski definition) is 2. The molecule has 0 aliphatic heterocycles. The molecular weight excluding hydrogens is 248 g/mol. The summed E-state index contributed by atoms with van der Waals surface area (Å²) in [5, 5.41) is 5.10. The first kappa shape index (κ1) is 10.8. The van der Waals surface area contributed by atoms with E-state index in [0.29, 0.717) is 10.7 Å². The van der Waals surface area contributed by atoms with Crippen molar-refractivity contribution in [2.45, 2.75) is 0 Å². The van der Waals surface area contributed by atoms with Crippen molar-refractivity contribution in [2.75, 3.05) is 11.1 Å². The highest BCUT2D eigenvalue weighted by atomic mass is 35.5. The number of nitrogen functional groups attached to an aromatic ring is 1. The van der Waals surface area contributed by atoms with Crippen molar-refractivity contribution in [3.05, 3.63) is 34.4 Å². The van der Waals surface area contributed by atoms with Crippen LogP contribution in [0.25, 0.3) is 0 Å². The first-order chi connectivity index (χ1) is 7.65. The van der Waals surface area contributed by atoms with Crippen LogP contribution in [0.15, 0.2) is 23.7 Å². The van der Waals surface area contributed by atoms with Gasteiger partial charge in [0.2, 0.25) is 0 Å². The van der Waals surface area contributed by atoms with Gasteiger partial charge in [-0.05, 0) is 12.1 Å². The molecule has 2 heterocycles. The van der Waals surface area contributed by atoms with E-state index in [4.69, 9.17) is 17.3 Å². The maximum Gasteiger partial charge on any atom is 0.257 e. The molecule has 16 heavy (non-hydrogen) atoms. The molecule has 5 nitrogen and oxygen atoms in total. The van der Waals surface area contributed by atoms with Crippen LogP contribution < -0.4 is 11.1 Å². The van der Waals surface area contributed by atoms with E-state index in [1.807, 2.05) is 0 Å². The molecule has 0 bridgehead atoms. The van der Waals surface area contributed by atoms with Gasteiger partial charge in [0.25, 0.3) is 5.91 Å². The van der Waals surface area contributed by atoms with Gasteiger partial charge >= 0.3 is 0 Å². The number of carbonyl (C=O) groups is 1. The summed E-state index contributed by atoms with van der Waals surface area (Å²) in [6.07, 6.45) is 1.61. The second kappa shape index (κ2) is 4.46. The number of nitrogens with two attached hydrogens (primary N) is 1. The number of nitrogens with zero attached hydrogens (tertiary/aromatic N) is 2. The molecule has 0 radical (unpaired) electrons. The molecule has 7 heteroatoms. The van der Waals surface area contributed by atoms with Crippen molar-refractivity contribution in [1.82, 2.24) is 9.97 Å². The Morgan fingerprint density at radius 3 is 2.94 bits per heavy atom. The first-order valence-electron chi connectivity index (χ1n) is 4.29. The van der Waals surface area contributed by atoms with E-state index in [-0.39, 0.29) is 16.9 Å². The molecule has 0 aliphatic rings. The van der Waals surface area contributed by atoms with E-state index >= 15 is 0 Å². The maximum absolute atomic E-state index is 11.7. The van der Waals surface area contributed by atoms with Gasteiger partial charge in [-0.15, -0.1) is 11.3 Å². The Labute approximate surface area is 100 Å². The minimum absolute atomic E-state index is 0.185. The third kappa shape index (κ3) is 2.47. The SMILES string of the molecule is Nc1cc(C(=O)Nc2nccs2)cc(Cl)n1. The van der Waals surface area contributed by atoms with Crippen molar-refractivity contribution in [3.63, 3.8) is 0 Å². The standard InChI is InChI=1S/C9H7ClN4OS/c10-6-3-5(4-7(11)13-6)8(15)14-9-12-1-2-16-9/h1-4H,(H2,11,13)(H,12,14,15). The van der Waals surface area contributed by atoms with E-state index < -0.39 is 0 Å². The molecule has 2 aromatic rings. The molecule has 0 saturated carbocycles.